The van der Waals surface area contributed by atoms with Crippen LogP contribution in [0.1, 0.15) is 30.5 Å². The summed E-state index contributed by atoms with van der Waals surface area (Å²) in [5.74, 6) is 0.326. The Hall–Kier alpha value is -1.88. The van der Waals surface area contributed by atoms with E-state index in [9.17, 15) is 4.79 Å². The average Bonchev–Trinajstić information content (AvgIpc) is 2.52. The van der Waals surface area contributed by atoms with Gasteiger partial charge in [-0.2, -0.15) is 0 Å². The molecule has 21 heavy (non-hydrogen) atoms. The van der Waals surface area contributed by atoms with Crippen molar-refractivity contribution >= 4 is 17.7 Å². The standard InChI is InChI=1S/C16H19N3OS/c1-3-14(13-7-5-12(2)6-8-13)19-15(20)11-21-16-17-9-4-10-18-16/h4-10,14H,3,11H2,1-2H3,(H,19,20)/t14-/m0/s1. The van der Waals surface area contributed by atoms with E-state index in [-0.39, 0.29) is 11.9 Å². The van der Waals surface area contributed by atoms with Gasteiger partial charge in [-0.05, 0) is 25.0 Å². The minimum atomic E-state index is -0.000113. The first-order valence-corrected chi connectivity index (χ1v) is 7.93. The molecule has 0 radical (unpaired) electrons. The van der Waals surface area contributed by atoms with E-state index >= 15 is 0 Å². The van der Waals surface area contributed by atoms with E-state index in [4.69, 9.17) is 0 Å². The van der Waals surface area contributed by atoms with Crippen LogP contribution in [-0.2, 0) is 4.79 Å². The number of hydrogen-bond donors (Lipinski definition) is 1. The summed E-state index contributed by atoms with van der Waals surface area (Å²) in [5, 5.41) is 3.68. The molecule has 0 fully saturated rings. The van der Waals surface area contributed by atoms with Gasteiger partial charge in [-0.15, -0.1) is 0 Å². The largest absolute Gasteiger partial charge is 0.349 e. The van der Waals surface area contributed by atoms with Crippen molar-refractivity contribution in [2.75, 3.05) is 5.75 Å². The van der Waals surface area contributed by atoms with Gasteiger partial charge in [0.25, 0.3) is 0 Å². The van der Waals surface area contributed by atoms with Crippen LogP contribution in [0.3, 0.4) is 0 Å². The van der Waals surface area contributed by atoms with Crippen LogP contribution in [0.15, 0.2) is 47.9 Å². The average molecular weight is 301 g/mol. The number of carbonyl (C=O) groups is 1. The predicted molar refractivity (Wildman–Crippen MR) is 85.1 cm³/mol. The number of aromatic nitrogens is 2. The maximum Gasteiger partial charge on any atom is 0.230 e. The second-order valence-corrected chi connectivity index (χ2v) is 5.70. The van der Waals surface area contributed by atoms with Crippen molar-refractivity contribution in [3.63, 3.8) is 0 Å². The van der Waals surface area contributed by atoms with Crippen LogP contribution in [0, 0.1) is 6.92 Å². The van der Waals surface area contributed by atoms with Gasteiger partial charge >= 0.3 is 0 Å². The Morgan fingerprint density at radius 3 is 2.52 bits per heavy atom. The zero-order valence-electron chi connectivity index (χ0n) is 12.2. The maximum absolute atomic E-state index is 12.0. The molecule has 1 aromatic heterocycles. The van der Waals surface area contributed by atoms with Crippen LogP contribution in [0.25, 0.3) is 0 Å². The van der Waals surface area contributed by atoms with Crippen molar-refractivity contribution in [2.24, 2.45) is 0 Å². The molecule has 0 aliphatic heterocycles. The highest BCUT2D eigenvalue weighted by atomic mass is 32.2. The molecule has 4 nitrogen and oxygen atoms in total. The molecule has 2 aromatic rings. The molecule has 0 aliphatic rings. The van der Waals surface area contributed by atoms with Gasteiger partial charge in [-0.3, -0.25) is 4.79 Å². The van der Waals surface area contributed by atoms with E-state index in [1.54, 1.807) is 18.5 Å². The zero-order chi connectivity index (χ0) is 15.1. The van der Waals surface area contributed by atoms with E-state index in [2.05, 4.69) is 53.4 Å². The lowest BCUT2D eigenvalue weighted by Gasteiger charge is -2.17. The van der Waals surface area contributed by atoms with Crippen LogP contribution in [-0.4, -0.2) is 21.6 Å². The topological polar surface area (TPSA) is 54.9 Å². The molecule has 0 bridgehead atoms. The van der Waals surface area contributed by atoms with Crippen molar-refractivity contribution in [3.8, 4) is 0 Å². The highest BCUT2D eigenvalue weighted by Gasteiger charge is 2.13. The molecule has 0 saturated heterocycles. The molecule has 0 unspecified atom stereocenters. The zero-order valence-corrected chi connectivity index (χ0v) is 13.1. The molecule has 1 heterocycles. The minimum Gasteiger partial charge on any atom is -0.349 e. The first-order valence-electron chi connectivity index (χ1n) is 6.94. The molecule has 5 heteroatoms. The SMILES string of the molecule is CC[C@H](NC(=O)CSc1ncccn1)c1ccc(C)cc1. The fourth-order valence-electron chi connectivity index (χ4n) is 1.95. The summed E-state index contributed by atoms with van der Waals surface area (Å²) in [6, 6.07) is 10.1. The highest BCUT2D eigenvalue weighted by Crippen LogP contribution is 2.18. The lowest BCUT2D eigenvalue weighted by atomic mass is 10.0. The van der Waals surface area contributed by atoms with Gasteiger partial charge in [0.1, 0.15) is 0 Å². The number of aryl methyl sites for hydroxylation is 1. The van der Waals surface area contributed by atoms with Crippen molar-refractivity contribution in [3.05, 3.63) is 53.9 Å². The Balaban J connectivity index is 1.89. The summed E-state index contributed by atoms with van der Waals surface area (Å²) >= 11 is 1.34. The van der Waals surface area contributed by atoms with E-state index < -0.39 is 0 Å². The van der Waals surface area contributed by atoms with E-state index in [0.29, 0.717) is 10.9 Å². The molecular formula is C16H19N3OS. The minimum absolute atomic E-state index is 0.000113. The Bertz CT molecular complexity index is 572. The smallest absolute Gasteiger partial charge is 0.230 e. The number of nitrogens with one attached hydrogen (secondary N) is 1. The van der Waals surface area contributed by atoms with Gasteiger partial charge in [0.05, 0.1) is 11.8 Å². The third-order valence-electron chi connectivity index (χ3n) is 3.10. The van der Waals surface area contributed by atoms with E-state index in [0.717, 1.165) is 12.0 Å². The van der Waals surface area contributed by atoms with E-state index in [1.807, 2.05) is 0 Å². The van der Waals surface area contributed by atoms with Crippen molar-refractivity contribution < 1.29 is 4.79 Å². The summed E-state index contributed by atoms with van der Waals surface area (Å²) in [7, 11) is 0. The molecule has 0 saturated carbocycles. The van der Waals surface area contributed by atoms with Crippen molar-refractivity contribution in [1.82, 2.24) is 15.3 Å². The van der Waals surface area contributed by atoms with Crippen LogP contribution < -0.4 is 5.32 Å². The fraction of sp³-hybridized carbons (Fsp3) is 0.312. The fourth-order valence-corrected chi connectivity index (χ4v) is 2.56. The Labute approximate surface area is 129 Å². The normalized spacial score (nSPS) is 11.9. The van der Waals surface area contributed by atoms with Crippen LogP contribution in [0.2, 0.25) is 0 Å². The van der Waals surface area contributed by atoms with E-state index in [1.165, 1.54) is 17.3 Å². The number of nitrogens with zero attached hydrogens (tertiary/aromatic N) is 2. The van der Waals surface area contributed by atoms with Gasteiger partial charge in [-0.25, -0.2) is 9.97 Å². The first kappa shape index (κ1) is 15.5. The number of thioether (sulfide) groups is 1. The molecule has 0 spiro atoms. The van der Waals surface area contributed by atoms with Gasteiger partial charge in [0, 0.05) is 12.4 Å². The highest BCUT2D eigenvalue weighted by molar-refractivity contribution is 7.99. The van der Waals surface area contributed by atoms with Crippen molar-refractivity contribution in [2.45, 2.75) is 31.5 Å². The van der Waals surface area contributed by atoms with Crippen molar-refractivity contribution in [1.29, 1.82) is 0 Å². The monoisotopic (exact) mass is 301 g/mol. The summed E-state index contributed by atoms with van der Waals surface area (Å²) in [6.45, 7) is 4.12. The number of hydrogen-bond acceptors (Lipinski definition) is 4. The van der Waals surface area contributed by atoms with Gasteiger partial charge in [0.15, 0.2) is 5.16 Å². The molecule has 2 rings (SSSR count). The van der Waals surface area contributed by atoms with Gasteiger partial charge in [0.2, 0.25) is 5.91 Å². The van der Waals surface area contributed by atoms with Gasteiger partial charge < -0.3 is 5.32 Å². The second kappa shape index (κ2) is 7.78. The number of benzene rings is 1. The Kier molecular flexibility index (Phi) is 5.75. The second-order valence-electron chi connectivity index (χ2n) is 4.76. The molecule has 0 aliphatic carbocycles. The van der Waals surface area contributed by atoms with Crippen LogP contribution in [0.5, 0.6) is 0 Å². The molecule has 1 aromatic carbocycles. The quantitative estimate of drug-likeness (QED) is 0.658. The maximum atomic E-state index is 12.0. The number of amides is 1. The molecule has 1 N–H and O–H groups in total. The predicted octanol–water partition coefficient (Wildman–Crippen LogP) is 3.14. The molecule has 1 amide bonds. The van der Waals surface area contributed by atoms with Crippen LogP contribution in [0.4, 0.5) is 0 Å². The third-order valence-corrected chi connectivity index (χ3v) is 3.97. The lowest BCUT2D eigenvalue weighted by molar-refractivity contribution is -0.119. The Morgan fingerprint density at radius 2 is 1.90 bits per heavy atom. The summed E-state index contributed by atoms with van der Waals surface area (Å²) in [4.78, 5) is 20.2. The lowest BCUT2D eigenvalue weighted by Crippen LogP contribution is -2.29. The summed E-state index contributed by atoms with van der Waals surface area (Å²) in [5.41, 5.74) is 2.36. The first-order chi connectivity index (χ1) is 10.2. The van der Waals surface area contributed by atoms with Crippen LogP contribution >= 0.6 is 11.8 Å². The Morgan fingerprint density at radius 1 is 1.24 bits per heavy atom. The molecule has 1 atom stereocenters. The number of rotatable bonds is 6. The number of carbonyl (C=O) groups excluding carboxylic acids is 1. The summed E-state index contributed by atoms with van der Waals surface area (Å²) < 4.78 is 0. The third kappa shape index (κ3) is 4.86. The molecular weight excluding hydrogens is 282 g/mol. The molecule has 110 valence electrons. The van der Waals surface area contributed by atoms with Gasteiger partial charge in [-0.1, -0.05) is 48.5 Å². The summed E-state index contributed by atoms with van der Waals surface area (Å²) in [6.07, 6.45) is 4.21.